The second-order valence-electron chi connectivity index (χ2n) is 5.98. The molecule has 12 nitrogen and oxygen atoms in total. The molecular formula is C17H24N2O10. The van der Waals surface area contributed by atoms with Crippen LogP contribution >= 0.6 is 0 Å². The highest BCUT2D eigenvalue weighted by molar-refractivity contribution is 5.85. The fourth-order valence-electron chi connectivity index (χ4n) is 2.27. The molecule has 1 atom stereocenters. The van der Waals surface area contributed by atoms with Crippen LogP contribution in [0.1, 0.15) is 19.4 Å². The molecule has 0 fully saturated rings. The minimum Gasteiger partial charge on any atom is -0.504 e. The Morgan fingerprint density at radius 3 is 2.45 bits per heavy atom. The number of alkyl carbamates (subject to hydrolysis) is 1. The van der Waals surface area contributed by atoms with E-state index in [1.165, 1.54) is 25.1 Å². The molecule has 1 rings (SSSR count). The molecule has 29 heavy (non-hydrogen) atoms. The van der Waals surface area contributed by atoms with Gasteiger partial charge in [0.1, 0.15) is 18.8 Å². The van der Waals surface area contributed by atoms with E-state index in [4.69, 9.17) is 14.2 Å². The lowest BCUT2D eigenvalue weighted by Gasteiger charge is -2.28. The van der Waals surface area contributed by atoms with E-state index in [0.29, 0.717) is 5.56 Å². The third-order valence-corrected chi connectivity index (χ3v) is 3.59. The number of esters is 1. The number of carbonyl (C=O) groups excluding carboxylic acids is 2. The Morgan fingerprint density at radius 1 is 1.14 bits per heavy atom. The lowest BCUT2D eigenvalue weighted by Crippen LogP contribution is -2.54. The van der Waals surface area contributed by atoms with Crippen molar-refractivity contribution in [3.8, 4) is 11.5 Å². The maximum absolute atomic E-state index is 12.4. The maximum atomic E-state index is 12.4. The Morgan fingerprint density at radius 2 is 1.83 bits per heavy atom. The van der Waals surface area contributed by atoms with Gasteiger partial charge in [0, 0.05) is 6.42 Å². The highest BCUT2D eigenvalue weighted by Gasteiger charge is 2.37. The molecule has 0 aliphatic rings. The molecular weight excluding hydrogens is 392 g/mol. The molecule has 0 radical (unpaired) electrons. The number of phenolic OH excluding ortho intramolecular Hbond substituents is 2. The van der Waals surface area contributed by atoms with Crippen LogP contribution < -0.4 is 5.32 Å². The Labute approximate surface area is 166 Å². The zero-order chi connectivity index (χ0) is 21.9. The topological polar surface area (TPSA) is 167 Å². The molecule has 1 aromatic carbocycles. The van der Waals surface area contributed by atoms with Gasteiger partial charge in [0.2, 0.25) is 0 Å². The molecule has 0 aromatic heterocycles. The molecule has 0 saturated heterocycles. The second kappa shape index (κ2) is 11.5. The fourth-order valence-corrected chi connectivity index (χ4v) is 2.27. The Bertz CT molecular complexity index is 711. The summed E-state index contributed by atoms with van der Waals surface area (Å²) in [5, 5.41) is 30.5. The third kappa shape index (κ3) is 8.51. The van der Waals surface area contributed by atoms with Gasteiger partial charge >= 0.3 is 12.1 Å². The zero-order valence-electron chi connectivity index (χ0n) is 16.1. The highest BCUT2D eigenvalue weighted by Crippen LogP contribution is 2.27. The third-order valence-electron chi connectivity index (χ3n) is 3.59. The summed E-state index contributed by atoms with van der Waals surface area (Å²) in [6.45, 7) is 2.63. The van der Waals surface area contributed by atoms with Crippen molar-refractivity contribution in [3.05, 3.63) is 33.9 Å². The first kappa shape index (κ1) is 23.8. The van der Waals surface area contributed by atoms with Crippen LogP contribution in [0.2, 0.25) is 0 Å². The lowest BCUT2D eigenvalue weighted by atomic mass is 9.92. The SMILES string of the molecule is CCOC(=O)C(C)(Cc1ccc(O)c(O)c1)NC(=O)OCCOCCO[N+](=O)[O-]. The van der Waals surface area contributed by atoms with E-state index in [1.807, 2.05) is 0 Å². The molecule has 3 N–H and O–H groups in total. The van der Waals surface area contributed by atoms with Crippen LogP contribution in [0.5, 0.6) is 11.5 Å². The second-order valence-corrected chi connectivity index (χ2v) is 5.98. The van der Waals surface area contributed by atoms with Crippen molar-refractivity contribution in [2.24, 2.45) is 0 Å². The number of nitrogens with one attached hydrogen (secondary N) is 1. The molecule has 12 heteroatoms. The number of carbonyl (C=O) groups is 2. The van der Waals surface area contributed by atoms with Crippen LogP contribution in [0.4, 0.5) is 4.79 Å². The monoisotopic (exact) mass is 416 g/mol. The van der Waals surface area contributed by atoms with Gasteiger partial charge in [0.05, 0.1) is 19.8 Å². The van der Waals surface area contributed by atoms with Gasteiger partial charge in [0.15, 0.2) is 11.5 Å². The van der Waals surface area contributed by atoms with Crippen molar-refractivity contribution in [1.29, 1.82) is 0 Å². The number of phenols is 2. The number of rotatable bonds is 12. The van der Waals surface area contributed by atoms with Crippen LogP contribution in [0.25, 0.3) is 0 Å². The van der Waals surface area contributed by atoms with Gasteiger partial charge in [-0.25, -0.2) is 9.59 Å². The first-order valence-corrected chi connectivity index (χ1v) is 8.66. The van der Waals surface area contributed by atoms with Crippen molar-refractivity contribution >= 4 is 12.1 Å². The van der Waals surface area contributed by atoms with Crippen LogP contribution in [-0.4, -0.2) is 65.9 Å². The number of nitrogens with zero attached hydrogens (tertiary/aromatic N) is 1. The average Bonchev–Trinajstić information content (AvgIpc) is 2.63. The predicted octanol–water partition coefficient (Wildman–Crippen LogP) is 0.913. The summed E-state index contributed by atoms with van der Waals surface area (Å²) in [5.74, 6) is -1.39. The average molecular weight is 416 g/mol. The minimum atomic E-state index is -1.50. The number of hydrogen-bond acceptors (Lipinski definition) is 10. The van der Waals surface area contributed by atoms with Gasteiger partial charge in [-0.1, -0.05) is 6.07 Å². The van der Waals surface area contributed by atoms with E-state index >= 15 is 0 Å². The molecule has 1 unspecified atom stereocenters. The molecule has 0 heterocycles. The van der Waals surface area contributed by atoms with Crippen LogP contribution in [-0.2, 0) is 30.3 Å². The van der Waals surface area contributed by atoms with Crippen LogP contribution in [0.15, 0.2) is 18.2 Å². The van der Waals surface area contributed by atoms with Crippen molar-refractivity contribution in [2.75, 3.05) is 33.0 Å². The van der Waals surface area contributed by atoms with E-state index in [0.717, 1.165) is 0 Å². The van der Waals surface area contributed by atoms with E-state index in [1.54, 1.807) is 6.92 Å². The van der Waals surface area contributed by atoms with Crippen molar-refractivity contribution in [2.45, 2.75) is 25.8 Å². The van der Waals surface area contributed by atoms with Gasteiger partial charge in [-0.2, -0.15) is 0 Å². The molecule has 0 spiro atoms. The van der Waals surface area contributed by atoms with E-state index in [-0.39, 0.29) is 51.0 Å². The summed E-state index contributed by atoms with van der Waals surface area (Å²) in [7, 11) is 0. The van der Waals surface area contributed by atoms with Crippen molar-refractivity contribution in [1.82, 2.24) is 5.32 Å². The highest BCUT2D eigenvalue weighted by atomic mass is 17.0. The molecule has 0 aliphatic carbocycles. The molecule has 162 valence electrons. The number of amides is 1. The van der Waals surface area contributed by atoms with E-state index < -0.39 is 22.7 Å². The molecule has 0 bridgehead atoms. The standard InChI is InChI=1S/C17H24N2O10/c1-3-27-15(22)17(2,11-12-4-5-13(20)14(21)10-12)18-16(23)28-8-6-26-7-9-29-19(24)25/h4-5,10,20-21H,3,6-9,11H2,1-2H3,(H,18,23). The van der Waals surface area contributed by atoms with Gasteiger partial charge in [-0.15, -0.1) is 10.1 Å². The van der Waals surface area contributed by atoms with Crippen molar-refractivity contribution < 1.29 is 43.9 Å². The smallest absolute Gasteiger partial charge is 0.408 e. The summed E-state index contributed by atoms with van der Waals surface area (Å²) in [4.78, 5) is 38.4. The summed E-state index contributed by atoms with van der Waals surface area (Å²) in [6.07, 6.45) is -0.947. The normalized spacial score (nSPS) is 12.5. The molecule has 1 aromatic rings. The molecule has 1 amide bonds. The quantitative estimate of drug-likeness (QED) is 0.146. The number of benzene rings is 1. The van der Waals surface area contributed by atoms with Crippen LogP contribution in [0.3, 0.4) is 0 Å². The number of hydrogen-bond donors (Lipinski definition) is 3. The zero-order valence-corrected chi connectivity index (χ0v) is 16.1. The van der Waals surface area contributed by atoms with Gasteiger partial charge in [0.25, 0.3) is 5.09 Å². The Hall–Kier alpha value is -3.28. The van der Waals surface area contributed by atoms with Gasteiger partial charge < -0.3 is 34.6 Å². The summed E-state index contributed by atoms with van der Waals surface area (Å²) >= 11 is 0. The number of ether oxygens (including phenoxy) is 3. The van der Waals surface area contributed by atoms with E-state index in [2.05, 4.69) is 10.2 Å². The van der Waals surface area contributed by atoms with Gasteiger partial charge in [-0.3, -0.25) is 0 Å². The summed E-state index contributed by atoms with van der Waals surface area (Å²) in [5.41, 5.74) is -1.04. The lowest BCUT2D eigenvalue weighted by molar-refractivity contribution is -0.758. The number of aromatic hydroxyl groups is 2. The molecule has 0 aliphatic heterocycles. The largest absolute Gasteiger partial charge is 0.504 e. The predicted molar refractivity (Wildman–Crippen MR) is 96.8 cm³/mol. The molecule has 0 saturated carbocycles. The van der Waals surface area contributed by atoms with E-state index in [9.17, 15) is 29.9 Å². The Balaban J connectivity index is 2.60. The van der Waals surface area contributed by atoms with Crippen molar-refractivity contribution in [3.63, 3.8) is 0 Å². The minimum absolute atomic E-state index is 0.0313. The summed E-state index contributed by atoms with van der Waals surface area (Å²) in [6, 6.07) is 4.01. The first-order valence-electron chi connectivity index (χ1n) is 8.66. The van der Waals surface area contributed by atoms with Gasteiger partial charge in [-0.05, 0) is 31.5 Å². The maximum Gasteiger partial charge on any atom is 0.408 e. The first-order chi connectivity index (χ1) is 13.7. The van der Waals surface area contributed by atoms with Crippen LogP contribution in [0, 0.1) is 10.1 Å². The Kier molecular flexibility index (Phi) is 9.45. The fraction of sp³-hybridized carbons (Fsp3) is 0.529. The summed E-state index contributed by atoms with van der Waals surface area (Å²) < 4.78 is 14.9.